The van der Waals surface area contributed by atoms with Gasteiger partial charge in [-0.1, -0.05) is 12.1 Å². The molecule has 0 aromatic heterocycles. The summed E-state index contributed by atoms with van der Waals surface area (Å²) in [6, 6.07) is 5.07. The van der Waals surface area contributed by atoms with Crippen LogP contribution in [-0.4, -0.2) is 51.7 Å². The Morgan fingerprint density at radius 3 is 2.44 bits per heavy atom. The van der Waals surface area contributed by atoms with Crippen LogP contribution in [0.2, 0.25) is 0 Å². The van der Waals surface area contributed by atoms with Gasteiger partial charge in [0.2, 0.25) is 15.9 Å². The highest BCUT2D eigenvalue weighted by atomic mass is 32.2. The van der Waals surface area contributed by atoms with Crippen LogP contribution in [0.4, 0.5) is 5.69 Å². The van der Waals surface area contributed by atoms with Gasteiger partial charge in [0.05, 0.1) is 17.5 Å². The number of ether oxygens (including phenoxy) is 1. The molecule has 0 radical (unpaired) electrons. The second-order valence-electron chi connectivity index (χ2n) is 5.18. The fourth-order valence-electron chi connectivity index (χ4n) is 1.83. The molecule has 0 aliphatic heterocycles. The maximum absolute atomic E-state index is 12.1. The number of hydrogen-bond donors (Lipinski definition) is 3. The van der Waals surface area contributed by atoms with Crippen molar-refractivity contribution < 1.29 is 27.5 Å². The van der Waals surface area contributed by atoms with Crippen molar-refractivity contribution in [2.45, 2.75) is 19.9 Å². The molecule has 0 spiro atoms. The summed E-state index contributed by atoms with van der Waals surface area (Å²) in [7, 11) is -3.58. The Bertz CT molecular complexity index is 747. The van der Waals surface area contributed by atoms with E-state index in [0.717, 1.165) is 6.26 Å². The Morgan fingerprint density at radius 1 is 1.20 bits per heavy atom. The predicted molar refractivity (Wildman–Crippen MR) is 91.5 cm³/mol. The minimum absolute atomic E-state index is 0.0301. The molecule has 2 amide bonds. The lowest BCUT2D eigenvalue weighted by Gasteiger charge is -2.14. The zero-order valence-electron chi connectivity index (χ0n) is 14.2. The molecule has 0 aliphatic rings. The van der Waals surface area contributed by atoms with Crippen molar-refractivity contribution in [2.75, 3.05) is 24.1 Å². The molecule has 138 valence electrons. The molecule has 9 nitrogen and oxygen atoms in total. The van der Waals surface area contributed by atoms with Gasteiger partial charge in [-0.3, -0.25) is 14.3 Å². The summed E-state index contributed by atoms with van der Waals surface area (Å²) in [5.41, 5.74) is 0.0172. The van der Waals surface area contributed by atoms with E-state index in [1.54, 1.807) is 13.0 Å². The van der Waals surface area contributed by atoms with Crippen LogP contribution >= 0.6 is 0 Å². The van der Waals surface area contributed by atoms with Crippen molar-refractivity contribution >= 4 is 33.5 Å². The quantitative estimate of drug-likeness (QED) is 0.545. The second-order valence-corrected chi connectivity index (χ2v) is 6.93. The highest BCUT2D eigenvalue weighted by Gasteiger charge is 2.18. The Labute approximate surface area is 146 Å². The lowest BCUT2D eigenvalue weighted by molar-refractivity contribution is -0.130. The van der Waals surface area contributed by atoms with Gasteiger partial charge < -0.3 is 15.4 Å². The van der Waals surface area contributed by atoms with Crippen molar-refractivity contribution in [1.82, 2.24) is 10.6 Å². The number of para-hydroxylation sites is 1. The van der Waals surface area contributed by atoms with Gasteiger partial charge in [-0.25, -0.2) is 13.2 Å². The number of benzene rings is 1. The number of rotatable bonds is 8. The summed E-state index contributed by atoms with van der Waals surface area (Å²) in [6.45, 7) is 3.07. The summed E-state index contributed by atoms with van der Waals surface area (Å²) in [6.07, 6.45) is 0.950. The monoisotopic (exact) mass is 371 g/mol. The Kier molecular flexibility index (Phi) is 7.37. The first kappa shape index (κ1) is 20.4. The normalized spacial score (nSPS) is 12.0. The maximum Gasteiger partial charge on any atom is 0.340 e. The number of carbonyl (C=O) groups is 3. The Balaban J connectivity index is 2.66. The van der Waals surface area contributed by atoms with Crippen LogP contribution in [-0.2, 0) is 24.3 Å². The zero-order chi connectivity index (χ0) is 19.0. The summed E-state index contributed by atoms with van der Waals surface area (Å²) < 4.78 is 29.7. The Hall–Kier alpha value is -2.62. The first-order valence-electron chi connectivity index (χ1n) is 7.45. The van der Waals surface area contributed by atoms with Gasteiger partial charge in [0.1, 0.15) is 6.04 Å². The third-order valence-electron chi connectivity index (χ3n) is 2.90. The summed E-state index contributed by atoms with van der Waals surface area (Å²) in [5.74, 6) is -1.88. The number of likely N-dealkylation sites (N-methyl/N-ethyl adjacent to an activating group) is 1. The SMILES string of the molecule is CCNC(=O)[C@H](C)NC(=O)COC(=O)c1ccccc1NS(C)(=O)=O. The average molecular weight is 371 g/mol. The van der Waals surface area contributed by atoms with E-state index in [1.807, 2.05) is 0 Å². The van der Waals surface area contributed by atoms with E-state index >= 15 is 0 Å². The van der Waals surface area contributed by atoms with Gasteiger partial charge in [-0.2, -0.15) is 0 Å². The van der Waals surface area contributed by atoms with Gasteiger partial charge in [0.25, 0.3) is 5.91 Å². The second kappa shape index (κ2) is 9.02. The van der Waals surface area contributed by atoms with E-state index in [0.29, 0.717) is 6.54 Å². The van der Waals surface area contributed by atoms with Crippen molar-refractivity contribution in [3.05, 3.63) is 29.8 Å². The molecule has 0 unspecified atom stereocenters. The minimum atomic E-state index is -3.58. The fourth-order valence-corrected chi connectivity index (χ4v) is 2.41. The molecule has 0 bridgehead atoms. The van der Waals surface area contributed by atoms with Crippen LogP contribution in [0.1, 0.15) is 24.2 Å². The number of carbonyl (C=O) groups excluding carboxylic acids is 3. The number of sulfonamides is 1. The predicted octanol–water partition coefficient (Wildman–Crippen LogP) is -0.144. The number of esters is 1. The third-order valence-corrected chi connectivity index (χ3v) is 3.49. The van der Waals surface area contributed by atoms with Gasteiger partial charge in [-0.05, 0) is 26.0 Å². The summed E-state index contributed by atoms with van der Waals surface area (Å²) in [4.78, 5) is 35.3. The van der Waals surface area contributed by atoms with Crippen LogP contribution in [0.3, 0.4) is 0 Å². The standard InChI is InChI=1S/C15H21N3O6S/c1-4-16-14(20)10(2)17-13(19)9-24-15(21)11-7-5-6-8-12(11)18-25(3,22)23/h5-8,10,18H,4,9H2,1-3H3,(H,16,20)(H,17,19)/t10-/m0/s1. The number of nitrogens with one attached hydrogen (secondary N) is 3. The largest absolute Gasteiger partial charge is 0.452 e. The van der Waals surface area contributed by atoms with E-state index < -0.39 is 34.5 Å². The van der Waals surface area contributed by atoms with Gasteiger partial charge >= 0.3 is 5.97 Å². The minimum Gasteiger partial charge on any atom is -0.452 e. The third kappa shape index (κ3) is 7.21. The topological polar surface area (TPSA) is 131 Å². The molecule has 25 heavy (non-hydrogen) atoms. The van der Waals surface area contributed by atoms with Gasteiger partial charge in [0.15, 0.2) is 6.61 Å². The summed E-state index contributed by atoms with van der Waals surface area (Å²) >= 11 is 0. The number of amides is 2. The molecular weight excluding hydrogens is 350 g/mol. The molecule has 1 rings (SSSR count). The van der Waals surface area contributed by atoms with Crippen LogP contribution in [0.15, 0.2) is 24.3 Å². The van der Waals surface area contributed by atoms with Crippen LogP contribution < -0.4 is 15.4 Å². The molecule has 3 N–H and O–H groups in total. The highest BCUT2D eigenvalue weighted by Crippen LogP contribution is 2.17. The summed E-state index contributed by atoms with van der Waals surface area (Å²) in [5, 5.41) is 4.93. The molecule has 0 fully saturated rings. The van der Waals surface area contributed by atoms with Crippen LogP contribution in [0, 0.1) is 0 Å². The first-order chi connectivity index (χ1) is 11.6. The molecule has 0 saturated heterocycles. The van der Waals surface area contributed by atoms with Crippen molar-refractivity contribution in [3.8, 4) is 0 Å². The number of anilines is 1. The van der Waals surface area contributed by atoms with Crippen LogP contribution in [0.5, 0.6) is 0 Å². The first-order valence-corrected chi connectivity index (χ1v) is 9.34. The van der Waals surface area contributed by atoms with E-state index in [1.165, 1.54) is 25.1 Å². The lowest BCUT2D eigenvalue weighted by atomic mass is 10.2. The smallest absolute Gasteiger partial charge is 0.340 e. The van der Waals surface area contributed by atoms with Crippen LogP contribution in [0.25, 0.3) is 0 Å². The van der Waals surface area contributed by atoms with Gasteiger partial charge in [0, 0.05) is 6.54 Å². The molecule has 10 heteroatoms. The van der Waals surface area contributed by atoms with E-state index in [-0.39, 0.29) is 17.2 Å². The van der Waals surface area contributed by atoms with E-state index in [4.69, 9.17) is 4.74 Å². The van der Waals surface area contributed by atoms with E-state index in [2.05, 4.69) is 15.4 Å². The number of hydrogen-bond acceptors (Lipinski definition) is 6. The molecular formula is C15H21N3O6S. The van der Waals surface area contributed by atoms with Crippen molar-refractivity contribution in [3.63, 3.8) is 0 Å². The molecule has 1 aromatic rings. The zero-order valence-corrected chi connectivity index (χ0v) is 15.0. The lowest BCUT2D eigenvalue weighted by Crippen LogP contribution is -2.46. The molecule has 1 atom stereocenters. The average Bonchev–Trinajstić information content (AvgIpc) is 2.51. The molecule has 0 aliphatic carbocycles. The van der Waals surface area contributed by atoms with E-state index in [9.17, 15) is 22.8 Å². The molecule has 0 saturated carbocycles. The molecule has 0 heterocycles. The van der Waals surface area contributed by atoms with Gasteiger partial charge in [-0.15, -0.1) is 0 Å². The Morgan fingerprint density at radius 2 is 1.84 bits per heavy atom. The maximum atomic E-state index is 12.1. The van der Waals surface area contributed by atoms with Crippen molar-refractivity contribution in [2.24, 2.45) is 0 Å². The molecule has 1 aromatic carbocycles. The van der Waals surface area contributed by atoms with Crippen molar-refractivity contribution in [1.29, 1.82) is 0 Å². The highest BCUT2D eigenvalue weighted by molar-refractivity contribution is 7.92. The fraction of sp³-hybridized carbons (Fsp3) is 0.400.